The molecule has 0 aromatic carbocycles. The summed E-state index contributed by atoms with van der Waals surface area (Å²) in [6.07, 6.45) is 1.70. The third kappa shape index (κ3) is 2.36. The van der Waals surface area contributed by atoms with Crippen molar-refractivity contribution in [3.63, 3.8) is 0 Å². The van der Waals surface area contributed by atoms with Crippen molar-refractivity contribution < 1.29 is 4.74 Å². The van der Waals surface area contributed by atoms with Crippen LogP contribution in [-0.2, 0) is 4.74 Å². The quantitative estimate of drug-likeness (QED) is 0.531. The van der Waals surface area contributed by atoms with Crippen molar-refractivity contribution in [3.8, 4) is 0 Å². The fraction of sp³-hybridized carbons (Fsp3) is 0.500. The number of amidine groups is 1. The molecule has 0 radical (unpaired) electrons. The zero-order chi connectivity index (χ0) is 8.27. The van der Waals surface area contributed by atoms with E-state index < -0.39 is 5.50 Å². The highest BCUT2D eigenvalue weighted by Gasteiger charge is 2.14. The van der Waals surface area contributed by atoms with Gasteiger partial charge >= 0.3 is 0 Å². The summed E-state index contributed by atoms with van der Waals surface area (Å²) in [5.74, 6) is 0. The molecule has 11 heavy (non-hydrogen) atoms. The fourth-order valence-electron chi connectivity index (χ4n) is 0.718. The maximum absolute atomic E-state index is 5.80. The molecule has 62 valence electrons. The number of nitrogens with one attached hydrogen (secondary N) is 1. The minimum atomic E-state index is -0.399. The van der Waals surface area contributed by atoms with Crippen LogP contribution in [0, 0.1) is 0 Å². The van der Waals surface area contributed by atoms with Gasteiger partial charge in [0, 0.05) is 18.9 Å². The zero-order valence-electron chi connectivity index (χ0n) is 5.97. The van der Waals surface area contributed by atoms with Gasteiger partial charge in [0.05, 0.1) is 6.61 Å². The average molecular weight is 195 g/mol. The van der Waals surface area contributed by atoms with Crippen LogP contribution in [0.3, 0.4) is 0 Å². The molecule has 0 saturated heterocycles. The first-order valence-corrected chi connectivity index (χ1v) is 3.87. The molecule has 0 bridgehead atoms. The number of halogens is 2. The summed E-state index contributed by atoms with van der Waals surface area (Å²) in [4.78, 5) is 3.87. The second-order valence-corrected chi connectivity index (χ2v) is 2.82. The van der Waals surface area contributed by atoms with Gasteiger partial charge in [-0.25, -0.2) is 4.99 Å². The molecule has 5 heteroatoms. The smallest absolute Gasteiger partial charge is 0.197 e. The van der Waals surface area contributed by atoms with Gasteiger partial charge in [0.15, 0.2) is 10.8 Å². The predicted molar refractivity (Wildman–Crippen MR) is 46.0 cm³/mol. The van der Waals surface area contributed by atoms with Crippen LogP contribution in [0.25, 0.3) is 0 Å². The Morgan fingerprint density at radius 1 is 1.82 bits per heavy atom. The number of ether oxygens (including phenoxy) is 1. The van der Waals surface area contributed by atoms with Crippen molar-refractivity contribution in [1.82, 2.24) is 5.32 Å². The second-order valence-electron chi connectivity index (χ2n) is 2.05. The first-order chi connectivity index (χ1) is 5.24. The third-order valence-corrected chi connectivity index (χ3v) is 1.80. The number of rotatable bonds is 2. The van der Waals surface area contributed by atoms with E-state index in [1.54, 1.807) is 13.3 Å². The topological polar surface area (TPSA) is 33.6 Å². The van der Waals surface area contributed by atoms with Crippen LogP contribution in [0.4, 0.5) is 0 Å². The number of hydrogen-bond acceptors (Lipinski definition) is 3. The molecule has 0 aromatic rings. The summed E-state index contributed by atoms with van der Waals surface area (Å²) in [6.45, 7) is 0.467. The van der Waals surface area contributed by atoms with Crippen molar-refractivity contribution in [2.24, 2.45) is 4.99 Å². The largest absolute Gasteiger partial charge is 0.380 e. The van der Waals surface area contributed by atoms with E-state index in [1.165, 1.54) is 0 Å². The van der Waals surface area contributed by atoms with Gasteiger partial charge in [-0.1, -0.05) is 11.6 Å². The van der Waals surface area contributed by atoms with Crippen LogP contribution in [0.2, 0.25) is 0 Å². The van der Waals surface area contributed by atoms with Crippen LogP contribution in [0.1, 0.15) is 0 Å². The highest BCUT2D eigenvalue weighted by Crippen LogP contribution is 2.14. The van der Waals surface area contributed by atoms with Gasteiger partial charge in [0.2, 0.25) is 0 Å². The van der Waals surface area contributed by atoms with Gasteiger partial charge in [0.25, 0.3) is 0 Å². The SMILES string of the molecule is COCC1=CNC(Cl)=NC1Cl. The summed E-state index contributed by atoms with van der Waals surface area (Å²) >= 11 is 11.3. The standard InChI is InChI=1S/C6H8Cl2N2O/c1-11-3-4-2-9-6(8)10-5(4)7/h2,5H,3H2,1H3,(H,9,10). The highest BCUT2D eigenvalue weighted by molar-refractivity contribution is 6.65. The minimum Gasteiger partial charge on any atom is -0.380 e. The predicted octanol–water partition coefficient (Wildman–Crippen LogP) is 1.28. The van der Waals surface area contributed by atoms with Crippen LogP contribution in [-0.4, -0.2) is 24.5 Å². The van der Waals surface area contributed by atoms with E-state index in [1.807, 2.05) is 0 Å². The van der Waals surface area contributed by atoms with Crippen molar-refractivity contribution in [2.75, 3.05) is 13.7 Å². The fourth-order valence-corrected chi connectivity index (χ4v) is 1.14. The van der Waals surface area contributed by atoms with E-state index in [-0.39, 0.29) is 0 Å². The van der Waals surface area contributed by atoms with Gasteiger partial charge in [-0.05, 0) is 11.6 Å². The van der Waals surface area contributed by atoms with Crippen LogP contribution in [0.5, 0.6) is 0 Å². The molecule has 1 rings (SSSR count). The van der Waals surface area contributed by atoms with E-state index in [0.29, 0.717) is 11.9 Å². The van der Waals surface area contributed by atoms with Gasteiger partial charge in [-0.2, -0.15) is 0 Å². The van der Waals surface area contributed by atoms with Crippen molar-refractivity contribution in [1.29, 1.82) is 0 Å². The summed E-state index contributed by atoms with van der Waals surface area (Å²) in [5.41, 5.74) is 0.474. The van der Waals surface area contributed by atoms with Crippen LogP contribution in [0.15, 0.2) is 16.8 Å². The first-order valence-electron chi connectivity index (χ1n) is 3.06. The lowest BCUT2D eigenvalue weighted by molar-refractivity contribution is 0.223. The number of alkyl halides is 1. The molecular formula is C6H8Cl2N2O. The summed E-state index contributed by atoms with van der Waals surface area (Å²) in [7, 11) is 1.60. The summed E-state index contributed by atoms with van der Waals surface area (Å²) in [5, 5.41) is 3.05. The monoisotopic (exact) mass is 194 g/mol. The maximum Gasteiger partial charge on any atom is 0.197 e. The van der Waals surface area contributed by atoms with E-state index >= 15 is 0 Å². The molecule has 0 aromatic heterocycles. The zero-order valence-corrected chi connectivity index (χ0v) is 7.49. The van der Waals surface area contributed by atoms with E-state index in [2.05, 4.69) is 10.3 Å². The Morgan fingerprint density at radius 3 is 3.09 bits per heavy atom. The van der Waals surface area contributed by atoms with Crippen molar-refractivity contribution in [3.05, 3.63) is 11.8 Å². The number of nitrogens with zero attached hydrogens (tertiary/aromatic N) is 1. The molecule has 1 heterocycles. The molecule has 1 aliphatic rings. The minimum absolute atomic E-state index is 0.310. The third-order valence-electron chi connectivity index (χ3n) is 1.22. The normalized spacial score (nSPS) is 23.7. The molecule has 0 amide bonds. The lowest BCUT2D eigenvalue weighted by Crippen LogP contribution is -2.23. The Kier molecular flexibility index (Phi) is 3.17. The lowest BCUT2D eigenvalue weighted by Gasteiger charge is -2.14. The Bertz CT molecular complexity index is 203. The second kappa shape index (κ2) is 3.95. The van der Waals surface area contributed by atoms with Gasteiger partial charge < -0.3 is 10.1 Å². The number of aliphatic imine (C=N–C) groups is 1. The van der Waals surface area contributed by atoms with E-state index in [4.69, 9.17) is 27.9 Å². The van der Waals surface area contributed by atoms with Gasteiger partial charge in [0.1, 0.15) is 0 Å². The Hall–Kier alpha value is -0.250. The van der Waals surface area contributed by atoms with Gasteiger partial charge in [-0.3, -0.25) is 0 Å². The molecule has 3 nitrogen and oxygen atoms in total. The van der Waals surface area contributed by atoms with Crippen LogP contribution >= 0.6 is 23.2 Å². The Morgan fingerprint density at radius 2 is 2.55 bits per heavy atom. The molecule has 1 aliphatic heterocycles. The Labute approximate surface area is 75.0 Å². The molecular weight excluding hydrogens is 187 g/mol. The van der Waals surface area contributed by atoms with Crippen molar-refractivity contribution >= 4 is 28.5 Å². The number of hydrogen-bond donors (Lipinski definition) is 1. The van der Waals surface area contributed by atoms with Crippen molar-refractivity contribution in [2.45, 2.75) is 5.50 Å². The van der Waals surface area contributed by atoms with Gasteiger partial charge in [-0.15, -0.1) is 0 Å². The molecule has 0 saturated carbocycles. The highest BCUT2D eigenvalue weighted by atomic mass is 35.5. The number of methoxy groups -OCH3 is 1. The van der Waals surface area contributed by atoms with E-state index in [0.717, 1.165) is 5.57 Å². The molecule has 0 spiro atoms. The van der Waals surface area contributed by atoms with Crippen LogP contribution < -0.4 is 5.32 Å². The first kappa shape index (κ1) is 8.84. The molecule has 1 unspecified atom stereocenters. The molecule has 1 N–H and O–H groups in total. The summed E-state index contributed by atoms with van der Waals surface area (Å²) in [6, 6.07) is 0. The maximum atomic E-state index is 5.80. The lowest BCUT2D eigenvalue weighted by atomic mass is 10.3. The Balaban J connectivity index is 2.56. The summed E-state index contributed by atoms with van der Waals surface area (Å²) < 4.78 is 4.88. The molecule has 0 aliphatic carbocycles. The van der Waals surface area contributed by atoms with E-state index in [9.17, 15) is 0 Å². The average Bonchev–Trinajstić information content (AvgIpc) is 1.95. The molecule has 0 fully saturated rings. The molecule has 1 atom stereocenters.